The van der Waals surface area contributed by atoms with Gasteiger partial charge in [-0.25, -0.2) is 4.39 Å². The lowest BCUT2D eigenvalue weighted by Gasteiger charge is -2.28. The van der Waals surface area contributed by atoms with Crippen molar-refractivity contribution in [3.8, 4) is 5.75 Å². The summed E-state index contributed by atoms with van der Waals surface area (Å²) in [6, 6.07) is 4.72. The van der Waals surface area contributed by atoms with Crippen LogP contribution in [0.5, 0.6) is 5.75 Å². The van der Waals surface area contributed by atoms with Crippen molar-refractivity contribution in [3.05, 3.63) is 64.7 Å². The first-order valence-corrected chi connectivity index (χ1v) is 10.2. The molecule has 1 unspecified atom stereocenters. The molecule has 1 aromatic heterocycles. The van der Waals surface area contributed by atoms with Gasteiger partial charge in [-0.2, -0.15) is 0 Å². The number of halogens is 1. The lowest BCUT2D eigenvalue weighted by Crippen LogP contribution is -2.26. The van der Waals surface area contributed by atoms with Crippen molar-refractivity contribution in [3.63, 3.8) is 0 Å². The molecule has 2 aliphatic rings. The summed E-state index contributed by atoms with van der Waals surface area (Å²) in [5.74, 6) is 0.0362. The maximum absolute atomic E-state index is 14.9. The second-order valence-electron chi connectivity index (χ2n) is 6.67. The van der Waals surface area contributed by atoms with Crippen LogP contribution in [0.2, 0.25) is 0 Å². The number of rotatable bonds is 2. The summed E-state index contributed by atoms with van der Waals surface area (Å²) in [5.41, 5.74) is 9.59. The van der Waals surface area contributed by atoms with E-state index in [0.717, 1.165) is 29.5 Å². The van der Waals surface area contributed by atoms with Crippen molar-refractivity contribution in [2.24, 2.45) is 5.73 Å². The fraction of sp³-hybridized carbons (Fsp3) is 0.435. The molecule has 0 saturated heterocycles. The quantitative estimate of drug-likeness (QED) is 0.747. The van der Waals surface area contributed by atoms with E-state index in [9.17, 15) is 9.50 Å². The van der Waals surface area contributed by atoms with Gasteiger partial charge in [0.25, 0.3) is 0 Å². The molecule has 28 heavy (non-hydrogen) atoms. The van der Waals surface area contributed by atoms with Gasteiger partial charge in [-0.05, 0) is 61.2 Å². The maximum atomic E-state index is 14.9. The lowest BCUT2D eigenvalue weighted by atomic mass is 9.92. The molecule has 0 radical (unpaired) electrons. The number of hydrogen-bond donors (Lipinski definition) is 2. The van der Waals surface area contributed by atoms with E-state index in [1.807, 2.05) is 51.8 Å². The molecular formula is C23H32FN3O. The van der Waals surface area contributed by atoms with Crippen LogP contribution in [0.3, 0.4) is 0 Å². The highest BCUT2D eigenvalue weighted by atomic mass is 19.1. The largest absolute Gasteiger partial charge is 0.507 e. The summed E-state index contributed by atoms with van der Waals surface area (Å²) in [6.07, 6.45) is 7.40. The molecule has 4 nitrogen and oxygen atoms in total. The number of phenolic OH excluding ortho intramolecular Hbond substituents is 1. The minimum atomic E-state index is -0.409. The van der Waals surface area contributed by atoms with E-state index in [4.69, 9.17) is 5.73 Å². The van der Waals surface area contributed by atoms with Gasteiger partial charge in [0.15, 0.2) is 0 Å². The summed E-state index contributed by atoms with van der Waals surface area (Å²) in [4.78, 5) is 6.12. The Bertz CT molecular complexity index is 807. The second-order valence-corrected chi connectivity index (χ2v) is 6.67. The Hall–Kier alpha value is -2.40. The number of phenols is 1. The summed E-state index contributed by atoms with van der Waals surface area (Å²) in [6.45, 7) is 8.56. The number of aromatic hydroxyl groups is 1. The van der Waals surface area contributed by atoms with E-state index in [1.54, 1.807) is 24.5 Å². The van der Waals surface area contributed by atoms with Gasteiger partial charge >= 0.3 is 0 Å². The van der Waals surface area contributed by atoms with Crippen LogP contribution in [0.4, 0.5) is 4.39 Å². The molecule has 2 heterocycles. The molecule has 1 atom stereocenters. The standard InChI is InChI=1S/C19H20FN3O.2C2H6/c1-23-7-5-16(21)14-10-22-6-4-13(14)19(23)18-15(20)8-12(9-17(18)24)11-2-3-11;2*1-2/h4-6,8-11,19,24H,2-3,7,21H2,1H3;2*1-2H3. The van der Waals surface area contributed by atoms with Crippen molar-refractivity contribution in [1.29, 1.82) is 0 Å². The van der Waals surface area contributed by atoms with Gasteiger partial charge in [-0.1, -0.05) is 27.7 Å². The molecule has 1 fully saturated rings. The van der Waals surface area contributed by atoms with Crippen molar-refractivity contribution in [2.75, 3.05) is 13.6 Å². The van der Waals surface area contributed by atoms with Crippen LogP contribution in [0.15, 0.2) is 36.7 Å². The van der Waals surface area contributed by atoms with Gasteiger partial charge in [0.05, 0.1) is 11.6 Å². The predicted octanol–water partition coefficient (Wildman–Crippen LogP) is 5.19. The molecule has 1 aliphatic carbocycles. The Kier molecular flexibility index (Phi) is 7.58. The van der Waals surface area contributed by atoms with Crippen LogP contribution in [0, 0.1) is 5.82 Å². The van der Waals surface area contributed by atoms with E-state index in [0.29, 0.717) is 23.7 Å². The Morgan fingerprint density at radius 2 is 1.86 bits per heavy atom. The number of likely N-dealkylation sites (N-methyl/N-ethyl adjacent to an activating group) is 1. The lowest BCUT2D eigenvalue weighted by molar-refractivity contribution is 0.295. The third-order valence-corrected chi connectivity index (χ3v) is 4.95. The van der Waals surface area contributed by atoms with Gasteiger partial charge in [0.2, 0.25) is 0 Å². The molecule has 152 valence electrons. The van der Waals surface area contributed by atoms with E-state index in [-0.39, 0.29) is 11.6 Å². The molecule has 3 N–H and O–H groups in total. The highest BCUT2D eigenvalue weighted by Gasteiger charge is 2.32. The molecule has 1 aliphatic heterocycles. The number of benzene rings is 1. The number of hydrogen-bond acceptors (Lipinski definition) is 4. The van der Waals surface area contributed by atoms with E-state index >= 15 is 0 Å². The first-order valence-electron chi connectivity index (χ1n) is 10.2. The highest BCUT2D eigenvalue weighted by Crippen LogP contribution is 2.45. The predicted molar refractivity (Wildman–Crippen MR) is 114 cm³/mol. The number of fused-ring (bicyclic) bond motifs is 1. The summed E-state index contributed by atoms with van der Waals surface area (Å²) >= 11 is 0. The molecule has 2 aromatic rings. The minimum absolute atomic E-state index is 0.0111. The van der Waals surface area contributed by atoms with Crippen LogP contribution in [0.25, 0.3) is 5.70 Å². The highest BCUT2D eigenvalue weighted by molar-refractivity contribution is 5.67. The second kappa shape index (κ2) is 9.69. The molecule has 1 aromatic carbocycles. The molecule has 5 heteroatoms. The third kappa shape index (κ3) is 4.36. The van der Waals surface area contributed by atoms with Crippen LogP contribution in [-0.2, 0) is 0 Å². The number of nitrogens with zero attached hydrogens (tertiary/aromatic N) is 2. The first kappa shape index (κ1) is 21.9. The van der Waals surface area contributed by atoms with Gasteiger partial charge in [0.1, 0.15) is 11.6 Å². The Labute approximate surface area is 167 Å². The molecule has 0 spiro atoms. The number of aromatic nitrogens is 1. The zero-order chi connectivity index (χ0) is 20.8. The Morgan fingerprint density at radius 1 is 1.18 bits per heavy atom. The average molecular weight is 386 g/mol. The van der Waals surface area contributed by atoms with Gasteiger partial charge in [0, 0.05) is 30.2 Å². The van der Waals surface area contributed by atoms with Crippen molar-refractivity contribution < 1.29 is 9.50 Å². The molecule has 1 saturated carbocycles. The van der Waals surface area contributed by atoms with Gasteiger partial charge in [-0.3, -0.25) is 9.88 Å². The fourth-order valence-electron chi connectivity index (χ4n) is 3.50. The first-order chi connectivity index (χ1) is 13.6. The van der Waals surface area contributed by atoms with Crippen LogP contribution < -0.4 is 5.73 Å². The SMILES string of the molecule is CC.CC.CN1CC=C(N)c2cnccc2C1c1c(O)cc(C2CC2)cc1F. The molecule has 4 rings (SSSR count). The van der Waals surface area contributed by atoms with Crippen LogP contribution in [-0.4, -0.2) is 28.6 Å². The number of nitrogens with two attached hydrogens (primary N) is 1. The smallest absolute Gasteiger partial charge is 0.132 e. The number of pyridine rings is 1. The summed E-state index contributed by atoms with van der Waals surface area (Å²) < 4.78 is 14.9. The minimum Gasteiger partial charge on any atom is -0.507 e. The zero-order valence-corrected chi connectivity index (χ0v) is 17.5. The fourth-order valence-corrected chi connectivity index (χ4v) is 3.50. The van der Waals surface area contributed by atoms with Crippen molar-refractivity contribution in [2.45, 2.75) is 52.5 Å². The Balaban J connectivity index is 0.000000660. The van der Waals surface area contributed by atoms with Gasteiger partial charge in [-0.15, -0.1) is 0 Å². The van der Waals surface area contributed by atoms with Crippen LogP contribution in [0.1, 0.15) is 74.8 Å². The monoisotopic (exact) mass is 385 g/mol. The maximum Gasteiger partial charge on any atom is 0.132 e. The molecule has 0 amide bonds. The summed E-state index contributed by atoms with van der Waals surface area (Å²) in [7, 11) is 1.90. The van der Waals surface area contributed by atoms with Crippen LogP contribution >= 0.6 is 0 Å². The van der Waals surface area contributed by atoms with Crippen molar-refractivity contribution >= 4 is 5.70 Å². The van der Waals surface area contributed by atoms with Gasteiger partial charge < -0.3 is 10.8 Å². The summed E-state index contributed by atoms with van der Waals surface area (Å²) in [5, 5.41) is 10.6. The molecule has 0 bridgehead atoms. The normalized spacial score (nSPS) is 18.5. The topological polar surface area (TPSA) is 62.4 Å². The van der Waals surface area contributed by atoms with Crippen molar-refractivity contribution in [1.82, 2.24) is 9.88 Å². The average Bonchev–Trinajstić information content (AvgIpc) is 3.57. The molecular weight excluding hydrogens is 353 g/mol. The van der Waals surface area contributed by atoms with E-state index in [2.05, 4.69) is 4.98 Å². The third-order valence-electron chi connectivity index (χ3n) is 4.95. The Morgan fingerprint density at radius 3 is 2.46 bits per heavy atom. The zero-order valence-electron chi connectivity index (χ0n) is 17.5. The van der Waals surface area contributed by atoms with E-state index in [1.165, 1.54) is 0 Å². The van der Waals surface area contributed by atoms with E-state index < -0.39 is 6.04 Å².